The SMILES string of the molecule is CCC(C(=O)n1ccc2c1ncc1ncc([C@H]3CN(C(=O)NCC(F)(F)F)C[C@H]3CC)n12)c1ccc(N2Cc3ccccc3C2=O)cc1. The second-order valence-corrected chi connectivity index (χ2v) is 12.4. The Morgan fingerprint density at radius 3 is 2.48 bits per heavy atom. The number of carbonyl (C=O) groups is 3. The lowest BCUT2D eigenvalue weighted by Crippen LogP contribution is -2.42. The van der Waals surface area contributed by atoms with Crippen molar-refractivity contribution in [1.82, 2.24) is 29.2 Å². The molecule has 2 aliphatic rings. The highest BCUT2D eigenvalue weighted by Crippen LogP contribution is 2.37. The molecule has 0 aliphatic carbocycles. The Kier molecular flexibility index (Phi) is 7.92. The van der Waals surface area contributed by atoms with Gasteiger partial charge in [-0.05, 0) is 47.7 Å². The molecule has 3 amide bonds. The highest BCUT2D eigenvalue weighted by Gasteiger charge is 2.38. The number of alkyl halides is 3. The number of hydrogen-bond donors (Lipinski definition) is 1. The summed E-state index contributed by atoms with van der Waals surface area (Å²) >= 11 is 0. The molecule has 5 aromatic rings. The second kappa shape index (κ2) is 12.1. The Balaban J connectivity index is 1.15. The first-order chi connectivity index (χ1) is 23.1. The molecule has 1 unspecified atom stereocenters. The van der Waals surface area contributed by atoms with Crippen LogP contribution in [-0.2, 0) is 6.54 Å². The number of fused-ring (bicyclic) bond motifs is 4. The predicted octanol–water partition coefficient (Wildman–Crippen LogP) is 6.38. The van der Waals surface area contributed by atoms with Crippen LogP contribution < -0.4 is 10.2 Å². The fraction of sp³-hybridized carbons (Fsp3) is 0.343. The number of anilines is 1. The van der Waals surface area contributed by atoms with Gasteiger partial charge in [0.05, 0.1) is 24.2 Å². The van der Waals surface area contributed by atoms with Gasteiger partial charge in [-0.25, -0.2) is 14.8 Å². The van der Waals surface area contributed by atoms with E-state index in [4.69, 9.17) is 0 Å². The van der Waals surface area contributed by atoms with Gasteiger partial charge in [0.25, 0.3) is 5.91 Å². The van der Waals surface area contributed by atoms with E-state index in [1.165, 1.54) is 4.90 Å². The average molecular weight is 658 g/mol. The number of imidazole rings is 1. The van der Waals surface area contributed by atoms with Crippen LogP contribution in [0.5, 0.6) is 0 Å². The molecule has 0 bridgehead atoms. The first kappa shape index (κ1) is 31.4. The van der Waals surface area contributed by atoms with Gasteiger partial charge in [-0.1, -0.05) is 50.6 Å². The molecule has 0 saturated carbocycles. The summed E-state index contributed by atoms with van der Waals surface area (Å²) in [5.41, 5.74) is 5.76. The van der Waals surface area contributed by atoms with E-state index in [0.717, 1.165) is 22.5 Å². The van der Waals surface area contributed by atoms with Gasteiger partial charge in [-0.2, -0.15) is 13.2 Å². The Labute approximate surface area is 274 Å². The molecule has 0 spiro atoms. The number of carbonyl (C=O) groups excluding carboxylic acids is 3. The molecule has 48 heavy (non-hydrogen) atoms. The van der Waals surface area contributed by atoms with Gasteiger partial charge in [0.1, 0.15) is 6.54 Å². The maximum absolute atomic E-state index is 14.1. The van der Waals surface area contributed by atoms with E-state index >= 15 is 0 Å². The molecule has 7 rings (SSSR count). The number of nitrogens with one attached hydrogen (secondary N) is 1. The van der Waals surface area contributed by atoms with Gasteiger partial charge in [0.15, 0.2) is 11.3 Å². The van der Waals surface area contributed by atoms with E-state index in [1.54, 1.807) is 28.1 Å². The quantitative estimate of drug-likeness (QED) is 0.219. The van der Waals surface area contributed by atoms with E-state index in [2.05, 4.69) is 9.97 Å². The summed E-state index contributed by atoms with van der Waals surface area (Å²) in [5, 5.41) is 1.98. The summed E-state index contributed by atoms with van der Waals surface area (Å²) in [6.45, 7) is 3.61. The standard InChI is InChI=1S/C35H34F3N7O3/c1-3-21-17-42(34(48)41-20-35(36,37)38)19-27(21)29-15-39-30-16-40-31-28(45(29)30)13-14-43(31)32(46)25(4-2)22-9-11-24(12-10-22)44-18-23-7-5-6-8-26(23)33(44)47/h5-16,21,25,27H,3-4,17-20H2,1-2H3,(H,41,48)/t21-,25?,27+/m1/s1. The van der Waals surface area contributed by atoms with Crippen LogP contribution in [0.3, 0.4) is 0 Å². The summed E-state index contributed by atoms with van der Waals surface area (Å²) in [4.78, 5) is 51.9. The van der Waals surface area contributed by atoms with Gasteiger partial charge in [0, 0.05) is 48.3 Å². The van der Waals surface area contributed by atoms with E-state index in [0.29, 0.717) is 48.3 Å². The van der Waals surface area contributed by atoms with Gasteiger partial charge in [-0.15, -0.1) is 0 Å². The molecular formula is C35H34F3N7O3. The highest BCUT2D eigenvalue weighted by atomic mass is 19.4. The molecule has 5 heterocycles. The fourth-order valence-electron chi connectivity index (χ4n) is 7.15. The summed E-state index contributed by atoms with van der Waals surface area (Å²) in [5.74, 6) is -0.839. The maximum Gasteiger partial charge on any atom is 0.405 e. The van der Waals surface area contributed by atoms with Crippen LogP contribution in [0, 0.1) is 5.92 Å². The summed E-state index contributed by atoms with van der Waals surface area (Å²) in [7, 11) is 0. The lowest BCUT2D eigenvalue weighted by Gasteiger charge is -2.19. The van der Waals surface area contributed by atoms with Gasteiger partial charge < -0.3 is 15.1 Å². The van der Waals surface area contributed by atoms with Crippen LogP contribution in [0.15, 0.2) is 73.2 Å². The third-order valence-electron chi connectivity index (χ3n) is 9.64. The molecule has 1 N–H and O–H groups in total. The van der Waals surface area contributed by atoms with E-state index in [-0.39, 0.29) is 30.2 Å². The van der Waals surface area contributed by atoms with Crippen molar-refractivity contribution in [3.8, 4) is 0 Å². The maximum atomic E-state index is 14.1. The number of likely N-dealkylation sites (tertiary alicyclic amines) is 1. The number of aromatic nitrogens is 4. The lowest BCUT2D eigenvalue weighted by molar-refractivity contribution is -0.123. The molecule has 248 valence electrons. The van der Waals surface area contributed by atoms with Crippen LogP contribution in [0.2, 0.25) is 0 Å². The number of amides is 3. The van der Waals surface area contributed by atoms with Crippen molar-refractivity contribution in [2.75, 3.05) is 24.5 Å². The van der Waals surface area contributed by atoms with Gasteiger partial charge in [0.2, 0.25) is 5.91 Å². The smallest absolute Gasteiger partial charge is 0.329 e. The number of urea groups is 1. The van der Waals surface area contributed by atoms with Crippen LogP contribution >= 0.6 is 0 Å². The van der Waals surface area contributed by atoms with Crippen molar-refractivity contribution in [2.45, 2.75) is 51.2 Å². The first-order valence-electron chi connectivity index (χ1n) is 16.0. The minimum absolute atomic E-state index is 0.00549. The Morgan fingerprint density at radius 1 is 1.00 bits per heavy atom. The molecule has 1 saturated heterocycles. The van der Waals surface area contributed by atoms with Gasteiger partial charge >= 0.3 is 12.2 Å². The highest BCUT2D eigenvalue weighted by molar-refractivity contribution is 6.10. The average Bonchev–Trinajstić information content (AvgIpc) is 3.87. The Hall–Kier alpha value is -5.20. The molecule has 3 atom stereocenters. The van der Waals surface area contributed by atoms with Crippen LogP contribution in [-0.4, -0.2) is 67.5 Å². The van der Waals surface area contributed by atoms with Crippen LogP contribution in [0.1, 0.15) is 70.5 Å². The lowest BCUT2D eigenvalue weighted by atomic mass is 9.91. The van der Waals surface area contributed by atoms with Crippen LogP contribution in [0.25, 0.3) is 16.8 Å². The van der Waals surface area contributed by atoms with Crippen molar-refractivity contribution < 1.29 is 27.6 Å². The minimum Gasteiger partial charge on any atom is -0.329 e. The third-order valence-corrected chi connectivity index (χ3v) is 9.64. The van der Waals surface area contributed by atoms with Crippen molar-refractivity contribution in [1.29, 1.82) is 0 Å². The first-order valence-corrected chi connectivity index (χ1v) is 16.0. The zero-order chi connectivity index (χ0) is 33.7. The molecule has 3 aromatic heterocycles. The number of nitrogens with zero attached hydrogens (tertiary/aromatic N) is 6. The summed E-state index contributed by atoms with van der Waals surface area (Å²) in [6.07, 6.45) is 1.77. The fourth-order valence-corrected chi connectivity index (χ4v) is 7.15. The van der Waals surface area contributed by atoms with E-state index in [1.807, 2.05) is 78.2 Å². The largest absolute Gasteiger partial charge is 0.405 e. The second-order valence-electron chi connectivity index (χ2n) is 12.4. The predicted molar refractivity (Wildman–Crippen MR) is 173 cm³/mol. The minimum atomic E-state index is -4.49. The summed E-state index contributed by atoms with van der Waals surface area (Å²) in [6, 6.07) is 16.2. The molecule has 13 heteroatoms. The van der Waals surface area contributed by atoms with Gasteiger partial charge in [-0.3, -0.25) is 18.6 Å². The van der Waals surface area contributed by atoms with Crippen molar-refractivity contribution in [3.63, 3.8) is 0 Å². The summed E-state index contributed by atoms with van der Waals surface area (Å²) < 4.78 is 41.7. The number of rotatable bonds is 7. The number of hydrogen-bond acceptors (Lipinski definition) is 5. The number of halogens is 3. The molecular weight excluding hydrogens is 623 g/mol. The topological polar surface area (TPSA) is 105 Å². The molecule has 2 aliphatic heterocycles. The van der Waals surface area contributed by atoms with Crippen molar-refractivity contribution in [2.24, 2.45) is 5.92 Å². The number of benzene rings is 2. The Bertz CT molecular complexity index is 2030. The Morgan fingerprint density at radius 2 is 1.77 bits per heavy atom. The van der Waals surface area contributed by atoms with E-state index < -0.39 is 24.7 Å². The van der Waals surface area contributed by atoms with Crippen molar-refractivity contribution in [3.05, 3.63) is 95.6 Å². The normalized spacial score (nSPS) is 18.6. The molecule has 2 aromatic carbocycles. The van der Waals surface area contributed by atoms with E-state index in [9.17, 15) is 27.6 Å². The zero-order valence-corrected chi connectivity index (χ0v) is 26.4. The molecule has 10 nitrogen and oxygen atoms in total. The molecule has 0 radical (unpaired) electrons. The van der Waals surface area contributed by atoms with Crippen LogP contribution in [0.4, 0.5) is 23.7 Å². The third kappa shape index (κ3) is 5.46. The zero-order valence-electron chi connectivity index (χ0n) is 26.4. The molecule has 1 fully saturated rings. The monoisotopic (exact) mass is 657 g/mol. The van der Waals surface area contributed by atoms with Crippen molar-refractivity contribution >= 4 is 40.3 Å².